The van der Waals surface area contributed by atoms with Crippen LogP contribution in [0.5, 0.6) is 0 Å². The minimum atomic E-state index is -0.247. The van der Waals surface area contributed by atoms with Gasteiger partial charge in [-0.1, -0.05) is 27.2 Å². The van der Waals surface area contributed by atoms with E-state index in [2.05, 4.69) is 37.1 Å². The lowest BCUT2D eigenvalue weighted by molar-refractivity contribution is 0.214. The average molecular weight is 277 g/mol. The van der Waals surface area contributed by atoms with Gasteiger partial charge in [0, 0.05) is 6.54 Å². The molecule has 2 aliphatic rings. The van der Waals surface area contributed by atoms with Gasteiger partial charge in [-0.05, 0) is 63.1 Å². The Morgan fingerprint density at radius 2 is 2.10 bits per heavy atom. The third-order valence-electron chi connectivity index (χ3n) is 5.76. The summed E-state index contributed by atoms with van der Waals surface area (Å²) >= 11 is 0. The van der Waals surface area contributed by atoms with E-state index in [9.17, 15) is 5.26 Å². The largest absolute Gasteiger partial charge is 0.303 e. The molecule has 0 amide bonds. The van der Waals surface area contributed by atoms with Crippen LogP contribution in [0, 0.1) is 28.6 Å². The molecule has 0 bridgehead atoms. The molecule has 3 nitrogen and oxygen atoms in total. The predicted molar refractivity (Wildman–Crippen MR) is 83.4 cm³/mol. The first kappa shape index (κ1) is 15.8. The first-order chi connectivity index (χ1) is 9.41. The van der Waals surface area contributed by atoms with Gasteiger partial charge in [-0.15, -0.1) is 0 Å². The summed E-state index contributed by atoms with van der Waals surface area (Å²) in [6.45, 7) is 10.7. The number of nitrogens with one attached hydrogen (secondary N) is 1. The summed E-state index contributed by atoms with van der Waals surface area (Å²) in [5.41, 5.74) is 0.187. The first-order valence-electron chi connectivity index (χ1n) is 8.24. The average Bonchev–Trinajstić information content (AvgIpc) is 3.02. The van der Waals surface area contributed by atoms with Crippen LogP contribution in [0.4, 0.5) is 0 Å². The Bertz CT molecular complexity index is 365. The maximum absolute atomic E-state index is 9.50. The van der Waals surface area contributed by atoms with Crippen molar-refractivity contribution in [1.29, 1.82) is 5.26 Å². The molecule has 3 atom stereocenters. The maximum Gasteiger partial charge on any atom is 0.109 e. The van der Waals surface area contributed by atoms with Crippen molar-refractivity contribution in [2.45, 2.75) is 58.4 Å². The fraction of sp³-hybridized carbons (Fsp3) is 0.941. The van der Waals surface area contributed by atoms with Crippen LogP contribution in [-0.4, -0.2) is 37.1 Å². The number of nitrogens with zero attached hydrogens (tertiary/aromatic N) is 2. The van der Waals surface area contributed by atoms with E-state index in [1.54, 1.807) is 0 Å². The second-order valence-corrected chi connectivity index (χ2v) is 7.86. The molecule has 1 saturated carbocycles. The lowest BCUT2D eigenvalue weighted by Gasteiger charge is -2.30. The van der Waals surface area contributed by atoms with Crippen molar-refractivity contribution in [3.05, 3.63) is 0 Å². The van der Waals surface area contributed by atoms with Crippen LogP contribution in [0.25, 0.3) is 0 Å². The third-order valence-corrected chi connectivity index (χ3v) is 5.76. The van der Waals surface area contributed by atoms with Gasteiger partial charge in [0.1, 0.15) is 5.54 Å². The van der Waals surface area contributed by atoms with Gasteiger partial charge in [-0.25, -0.2) is 0 Å². The SMILES string of the molecule is CNC1(C#N)CCCC1CCN1CCC(C(C)(C)C)C1. The van der Waals surface area contributed by atoms with E-state index in [4.69, 9.17) is 0 Å². The molecule has 114 valence electrons. The summed E-state index contributed by atoms with van der Waals surface area (Å²) in [5.74, 6) is 1.36. The zero-order valence-electron chi connectivity index (χ0n) is 13.7. The highest BCUT2D eigenvalue weighted by molar-refractivity contribution is 5.13. The predicted octanol–water partition coefficient (Wildman–Crippen LogP) is 3.03. The Balaban J connectivity index is 1.83. The Kier molecular flexibility index (Phi) is 4.76. The molecule has 0 aromatic heterocycles. The molecular weight excluding hydrogens is 246 g/mol. The van der Waals surface area contributed by atoms with Crippen molar-refractivity contribution in [2.24, 2.45) is 17.3 Å². The second kappa shape index (κ2) is 6.03. The van der Waals surface area contributed by atoms with Crippen LogP contribution < -0.4 is 5.32 Å². The zero-order valence-corrected chi connectivity index (χ0v) is 13.7. The molecule has 2 rings (SSSR count). The van der Waals surface area contributed by atoms with Gasteiger partial charge in [0.05, 0.1) is 6.07 Å². The summed E-state index contributed by atoms with van der Waals surface area (Å²) in [5, 5.41) is 12.8. The number of nitriles is 1. The molecule has 3 unspecified atom stereocenters. The molecule has 2 fully saturated rings. The van der Waals surface area contributed by atoms with Gasteiger partial charge in [0.15, 0.2) is 0 Å². The lowest BCUT2D eigenvalue weighted by atomic mass is 9.80. The summed E-state index contributed by atoms with van der Waals surface area (Å²) in [7, 11) is 1.95. The summed E-state index contributed by atoms with van der Waals surface area (Å²) in [4.78, 5) is 2.62. The van der Waals surface area contributed by atoms with Crippen molar-refractivity contribution >= 4 is 0 Å². The normalized spacial score (nSPS) is 35.4. The highest BCUT2D eigenvalue weighted by atomic mass is 15.1. The molecule has 1 N–H and O–H groups in total. The van der Waals surface area contributed by atoms with Crippen molar-refractivity contribution in [3.63, 3.8) is 0 Å². The minimum Gasteiger partial charge on any atom is -0.303 e. The fourth-order valence-corrected chi connectivity index (χ4v) is 4.08. The highest BCUT2D eigenvalue weighted by Gasteiger charge is 2.42. The van der Waals surface area contributed by atoms with Crippen LogP contribution in [0.1, 0.15) is 52.9 Å². The van der Waals surface area contributed by atoms with E-state index in [1.807, 2.05) is 7.05 Å². The number of hydrogen-bond donors (Lipinski definition) is 1. The highest BCUT2D eigenvalue weighted by Crippen LogP contribution is 2.38. The lowest BCUT2D eigenvalue weighted by Crippen LogP contribution is -2.45. The van der Waals surface area contributed by atoms with E-state index in [0.717, 1.165) is 12.3 Å². The Hall–Kier alpha value is -0.590. The Morgan fingerprint density at radius 1 is 1.35 bits per heavy atom. The molecule has 1 aliphatic heterocycles. The molecule has 1 heterocycles. The molecule has 3 heteroatoms. The Morgan fingerprint density at radius 3 is 2.65 bits per heavy atom. The number of rotatable bonds is 4. The summed E-state index contributed by atoms with van der Waals surface area (Å²) in [6.07, 6.45) is 5.94. The van der Waals surface area contributed by atoms with Gasteiger partial charge < -0.3 is 10.2 Å². The molecule has 1 saturated heterocycles. The van der Waals surface area contributed by atoms with Crippen LogP contribution in [-0.2, 0) is 0 Å². The minimum absolute atomic E-state index is 0.247. The van der Waals surface area contributed by atoms with E-state index in [1.165, 1.54) is 45.3 Å². The summed E-state index contributed by atoms with van der Waals surface area (Å²) < 4.78 is 0. The van der Waals surface area contributed by atoms with E-state index in [-0.39, 0.29) is 5.54 Å². The topological polar surface area (TPSA) is 39.1 Å². The maximum atomic E-state index is 9.50. The van der Waals surface area contributed by atoms with E-state index >= 15 is 0 Å². The summed E-state index contributed by atoms with van der Waals surface area (Å²) in [6, 6.07) is 2.56. The monoisotopic (exact) mass is 277 g/mol. The zero-order chi connectivity index (χ0) is 14.8. The van der Waals surface area contributed by atoms with Gasteiger partial charge in [-0.2, -0.15) is 5.26 Å². The molecule has 0 aromatic carbocycles. The van der Waals surface area contributed by atoms with Gasteiger partial charge >= 0.3 is 0 Å². The van der Waals surface area contributed by atoms with Crippen molar-refractivity contribution in [2.75, 3.05) is 26.7 Å². The van der Waals surface area contributed by atoms with Crippen LogP contribution in [0.15, 0.2) is 0 Å². The molecule has 0 aromatic rings. The molecular formula is C17H31N3. The molecule has 0 radical (unpaired) electrons. The van der Waals surface area contributed by atoms with E-state index in [0.29, 0.717) is 11.3 Å². The molecule has 0 spiro atoms. The molecule has 1 aliphatic carbocycles. The van der Waals surface area contributed by atoms with Gasteiger partial charge in [-0.3, -0.25) is 0 Å². The standard InChI is InChI=1S/C17H31N3/c1-16(2,3)15-8-11-20(12-15)10-7-14-6-5-9-17(14,13-18)19-4/h14-15,19H,5-12H2,1-4H3. The number of hydrogen-bond acceptors (Lipinski definition) is 3. The van der Waals surface area contributed by atoms with Crippen LogP contribution >= 0.6 is 0 Å². The second-order valence-electron chi connectivity index (χ2n) is 7.86. The third kappa shape index (κ3) is 3.18. The smallest absolute Gasteiger partial charge is 0.109 e. The first-order valence-corrected chi connectivity index (χ1v) is 8.24. The van der Waals surface area contributed by atoms with Crippen LogP contribution in [0.3, 0.4) is 0 Å². The molecule has 20 heavy (non-hydrogen) atoms. The fourth-order valence-electron chi connectivity index (χ4n) is 4.08. The van der Waals surface area contributed by atoms with Crippen molar-refractivity contribution in [1.82, 2.24) is 10.2 Å². The van der Waals surface area contributed by atoms with Crippen molar-refractivity contribution in [3.8, 4) is 6.07 Å². The quantitative estimate of drug-likeness (QED) is 0.858. The number of likely N-dealkylation sites (tertiary alicyclic amines) is 1. The van der Waals surface area contributed by atoms with Crippen molar-refractivity contribution < 1.29 is 0 Å². The van der Waals surface area contributed by atoms with Gasteiger partial charge in [0.2, 0.25) is 0 Å². The van der Waals surface area contributed by atoms with E-state index < -0.39 is 0 Å². The van der Waals surface area contributed by atoms with Crippen LogP contribution in [0.2, 0.25) is 0 Å². The Labute approximate surface area is 124 Å². The van der Waals surface area contributed by atoms with Gasteiger partial charge in [0.25, 0.3) is 0 Å².